The van der Waals surface area contributed by atoms with Gasteiger partial charge in [0.25, 0.3) is 5.56 Å². The number of carbonyl (C=O) groups excluding carboxylic acids is 1. The van der Waals surface area contributed by atoms with E-state index in [-0.39, 0.29) is 18.9 Å². The fraction of sp³-hybridized carbons (Fsp3) is 0.280. The zero-order valence-corrected chi connectivity index (χ0v) is 19.3. The van der Waals surface area contributed by atoms with Gasteiger partial charge >= 0.3 is 5.69 Å². The molecule has 0 saturated heterocycles. The van der Waals surface area contributed by atoms with Crippen molar-refractivity contribution in [3.63, 3.8) is 0 Å². The van der Waals surface area contributed by atoms with E-state index < -0.39 is 11.2 Å². The lowest BCUT2D eigenvalue weighted by Gasteiger charge is -2.18. The molecule has 4 rings (SSSR count). The smallest absolute Gasteiger partial charge is 0.328 e. The molecule has 0 unspecified atom stereocenters. The molecule has 2 heterocycles. The molecule has 170 valence electrons. The van der Waals surface area contributed by atoms with Gasteiger partial charge in [0.15, 0.2) is 0 Å². The molecular weight excluding hydrogens is 418 g/mol. The van der Waals surface area contributed by atoms with Gasteiger partial charge in [0.05, 0.1) is 22.3 Å². The molecule has 0 aliphatic rings. The molecule has 0 bridgehead atoms. The predicted molar refractivity (Wildman–Crippen MR) is 128 cm³/mol. The van der Waals surface area contributed by atoms with Crippen molar-refractivity contribution in [2.75, 3.05) is 7.05 Å². The summed E-state index contributed by atoms with van der Waals surface area (Å²) in [6.07, 6.45) is 0.135. The number of fused-ring (bicyclic) bond motifs is 1. The molecule has 2 aromatic heterocycles. The van der Waals surface area contributed by atoms with Gasteiger partial charge in [-0.05, 0) is 44.5 Å². The van der Waals surface area contributed by atoms with Gasteiger partial charge in [-0.15, -0.1) is 0 Å². The molecule has 1 amide bonds. The summed E-state index contributed by atoms with van der Waals surface area (Å²) >= 11 is 0. The maximum absolute atomic E-state index is 12.9. The van der Waals surface area contributed by atoms with E-state index in [1.165, 1.54) is 4.57 Å². The van der Waals surface area contributed by atoms with Crippen molar-refractivity contribution in [1.29, 1.82) is 0 Å². The minimum Gasteiger partial charge on any atom is -0.341 e. The molecule has 0 spiro atoms. The fourth-order valence-electron chi connectivity index (χ4n) is 4.13. The van der Waals surface area contributed by atoms with Crippen LogP contribution < -0.4 is 11.2 Å². The van der Waals surface area contributed by atoms with Crippen LogP contribution in [0.2, 0.25) is 0 Å². The number of carbonyl (C=O) groups is 1. The Morgan fingerprint density at radius 2 is 1.73 bits per heavy atom. The first-order chi connectivity index (χ1) is 15.8. The Kier molecular flexibility index (Phi) is 6.00. The molecule has 2 aromatic carbocycles. The lowest BCUT2D eigenvalue weighted by atomic mass is 10.1. The van der Waals surface area contributed by atoms with E-state index >= 15 is 0 Å². The van der Waals surface area contributed by atoms with Gasteiger partial charge in [0.2, 0.25) is 5.91 Å². The molecule has 0 aliphatic heterocycles. The van der Waals surface area contributed by atoms with Crippen molar-refractivity contribution in [2.24, 2.45) is 0 Å². The number of nitrogens with zero attached hydrogens (tertiary/aromatic N) is 4. The van der Waals surface area contributed by atoms with Gasteiger partial charge in [0, 0.05) is 37.8 Å². The first-order valence-electron chi connectivity index (χ1n) is 10.8. The van der Waals surface area contributed by atoms with Crippen LogP contribution in [-0.4, -0.2) is 37.2 Å². The standard InChI is InChI=1S/C25H27N5O3/c1-16-9-5-7-11-21(16)30-18(3)20(17(2)27-30)15-28(4)23(31)13-14-29-22-12-8-6-10-19(22)24(32)26-25(29)33/h5-12H,13-15H2,1-4H3,(H,26,32,33). The number of rotatable bonds is 6. The van der Waals surface area contributed by atoms with Crippen molar-refractivity contribution < 1.29 is 4.79 Å². The topological polar surface area (TPSA) is 93.0 Å². The molecule has 8 nitrogen and oxygen atoms in total. The lowest BCUT2D eigenvalue weighted by Crippen LogP contribution is -2.33. The Balaban J connectivity index is 1.52. The minimum absolute atomic E-state index is 0.0976. The highest BCUT2D eigenvalue weighted by Crippen LogP contribution is 2.21. The summed E-state index contributed by atoms with van der Waals surface area (Å²) in [6, 6.07) is 14.9. The van der Waals surface area contributed by atoms with Crippen LogP contribution in [0.4, 0.5) is 0 Å². The molecule has 33 heavy (non-hydrogen) atoms. The number of aryl methyl sites for hydroxylation is 3. The number of nitrogens with one attached hydrogen (secondary N) is 1. The number of amides is 1. The van der Waals surface area contributed by atoms with Crippen molar-refractivity contribution in [3.8, 4) is 5.69 Å². The molecule has 8 heteroatoms. The SMILES string of the molecule is Cc1ccccc1-n1nc(C)c(CN(C)C(=O)CCn2c(=O)[nH]c(=O)c3ccccc32)c1C. The number of benzene rings is 2. The van der Waals surface area contributed by atoms with E-state index in [1.54, 1.807) is 36.2 Å². The van der Waals surface area contributed by atoms with Gasteiger partial charge < -0.3 is 4.90 Å². The van der Waals surface area contributed by atoms with Crippen LogP contribution in [0.25, 0.3) is 16.6 Å². The molecule has 4 aromatic rings. The summed E-state index contributed by atoms with van der Waals surface area (Å²) in [4.78, 5) is 41.3. The zero-order chi connectivity index (χ0) is 23.7. The van der Waals surface area contributed by atoms with Gasteiger partial charge in [-0.25, -0.2) is 9.48 Å². The third kappa shape index (κ3) is 4.24. The minimum atomic E-state index is -0.514. The molecule has 0 saturated carbocycles. The van der Waals surface area contributed by atoms with E-state index in [2.05, 4.69) is 4.98 Å². The number of hydrogen-bond donors (Lipinski definition) is 1. The van der Waals surface area contributed by atoms with E-state index in [0.29, 0.717) is 17.4 Å². The summed E-state index contributed by atoms with van der Waals surface area (Å²) in [6.45, 7) is 6.60. The highest BCUT2D eigenvalue weighted by atomic mass is 16.2. The van der Waals surface area contributed by atoms with Crippen LogP contribution in [0.5, 0.6) is 0 Å². The normalized spacial score (nSPS) is 11.2. The third-order valence-corrected chi connectivity index (χ3v) is 6.06. The summed E-state index contributed by atoms with van der Waals surface area (Å²) in [5.74, 6) is -0.0976. The lowest BCUT2D eigenvalue weighted by molar-refractivity contribution is -0.130. The second kappa shape index (κ2) is 8.90. The molecule has 0 fully saturated rings. The summed E-state index contributed by atoms with van der Waals surface area (Å²) in [7, 11) is 1.75. The number of aromatic nitrogens is 4. The maximum atomic E-state index is 12.9. The Bertz CT molecular complexity index is 1460. The van der Waals surface area contributed by atoms with Crippen LogP contribution in [0.3, 0.4) is 0 Å². The highest BCUT2D eigenvalue weighted by Gasteiger charge is 2.18. The highest BCUT2D eigenvalue weighted by molar-refractivity contribution is 5.78. The predicted octanol–water partition coefficient (Wildman–Crippen LogP) is 2.85. The van der Waals surface area contributed by atoms with Crippen LogP contribution in [0.1, 0.15) is 28.9 Å². The zero-order valence-electron chi connectivity index (χ0n) is 19.3. The number of hydrogen-bond acceptors (Lipinski definition) is 4. The average Bonchev–Trinajstić information content (AvgIpc) is 3.07. The third-order valence-electron chi connectivity index (χ3n) is 6.06. The Labute approximate surface area is 191 Å². The fourth-order valence-corrected chi connectivity index (χ4v) is 4.13. The average molecular weight is 446 g/mol. The summed E-state index contributed by atoms with van der Waals surface area (Å²) < 4.78 is 3.36. The Morgan fingerprint density at radius 3 is 2.48 bits per heavy atom. The summed E-state index contributed by atoms with van der Waals surface area (Å²) in [5.41, 5.74) is 4.59. The van der Waals surface area contributed by atoms with Crippen LogP contribution >= 0.6 is 0 Å². The second-order valence-electron chi connectivity index (χ2n) is 8.28. The maximum Gasteiger partial charge on any atom is 0.328 e. The Hall–Kier alpha value is -3.94. The molecule has 0 atom stereocenters. The first kappa shape index (κ1) is 22.3. The number of aromatic amines is 1. The van der Waals surface area contributed by atoms with E-state index in [4.69, 9.17) is 5.10 Å². The Morgan fingerprint density at radius 1 is 1.03 bits per heavy atom. The van der Waals surface area contributed by atoms with Crippen molar-refractivity contribution in [2.45, 2.75) is 40.3 Å². The monoisotopic (exact) mass is 445 g/mol. The molecule has 0 radical (unpaired) electrons. The number of para-hydroxylation sites is 2. The van der Waals surface area contributed by atoms with Gasteiger partial charge in [-0.2, -0.15) is 5.10 Å². The van der Waals surface area contributed by atoms with Crippen LogP contribution in [-0.2, 0) is 17.9 Å². The van der Waals surface area contributed by atoms with Gasteiger partial charge in [-0.3, -0.25) is 19.1 Å². The quantitative estimate of drug-likeness (QED) is 0.494. The van der Waals surface area contributed by atoms with Crippen LogP contribution in [0, 0.1) is 20.8 Å². The number of H-pyrrole nitrogens is 1. The van der Waals surface area contributed by atoms with E-state index in [1.807, 2.05) is 49.7 Å². The van der Waals surface area contributed by atoms with Gasteiger partial charge in [-0.1, -0.05) is 30.3 Å². The van der Waals surface area contributed by atoms with E-state index in [0.717, 1.165) is 28.2 Å². The van der Waals surface area contributed by atoms with Gasteiger partial charge in [0.1, 0.15) is 0 Å². The molecule has 1 N–H and O–H groups in total. The second-order valence-corrected chi connectivity index (χ2v) is 8.28. The van der Waals surface area contributed by atoms with E-state index in [9.17, 15) is 14.4 Å². The summed E-state index contributed by atoms with van der Waals surface area (Å²) in [5, 5.41) is 5.12. The first-order valence-corrected chi connectivity index (χ1v) is 10.8. The van der Waals surface area contributed by atoms with Crippen molar-refractivity contribution in [1.82, 2.24) is 24.2 Å². The molecular formula is C25H27N5O3. The van der Waals surface area contributed by atoms with Crippen LogP contribution in [0.15, 0.2) is 58.1 Å². The molecule has 0 aliphatic carbocycles. The van der Waals surface area contributed by atoms with Crippen molar-refractivity contribution in [3.05, 3.63) is 91.9 Å². The van der Waals surface area contributed by atoms with Crippen molar-refractivity contribution >= 4 is 16.8 Å². The largest absolute Gasteiger partial charge is 0.341 e.